The van der Waals surface area contributed by atoms with E-state index >= 15 is 0 Å². The lowest BCUT2D eigenvalue weighted by atomic mass is 9.98. The third kappa shape index (κ3) is 2.59. The molecule has 0 bridgehead atoms. The highest BCUT2D eigenvalue weighted by Gasteiger charge is 2.13. The summed E-state index contributed by atoms with van der Waals surface area (Å²) < 4.78 is 5.11. The van der Waals surface area contributed by atoms with Gasteiger partial charge >= 0.3 is 5.97 Å². The molecule has 0 aromatic heterocycles. The molecule has 0 saturated carbocycles. The van der Waals surface area contributed by atoms with E-state index in [1.807, 2.05) is 62.4 Å². The molecular weight excluding hydrogens is 224 g/mol. The maximum Gasteiger partial charge on any atom is 0.338 e. The lowest BCUT2D eigenvalue weighted by Gasteiger charge is -2.10. The second kappa shape index (κ2) is 5.50. The standard InChI is InChI=1S/C16H16O2/c1-3-18-16(17)15-11-12(2)9-10-14(15)13-7-5-4-6-8-13/h4-11H,3H2,1-2H3. The van der Waals surface area contributed by atoms with Crippen LogP contribution in [0.2, 0.25) is 0 Å². The monoisotopic (exact) mass is 240 g/mol. The molecule has 0 saturated heterocycles. The van der Waals surface area contributed by atoms with Crippen molar-refractivity contribution in [2.24, 2.45) is 0 Å². The maximum absolute atomic E-state index is 12.0. The summed E-state index contributed by atoms with van der Waals surface area (Å²) in [5, 5.41) is 0. The van der Waals surface area contributed by atoms with E-state index < -0.39 is 0 Å². The van der Waals surface area contributed by atoms with E-state index in [2.05, 4.69) is 0 Å². The van der Waals surface area contributed by atoms with Gasteiger partial charge in [0.2, 0.25) is 0 Å². The Labute approximate surface area is 107 Å². The molecule has 0 aliphatic heterocycles. The Bertz CT molecular complexity index is 544. The number of aryl methyl sites for hydroxylation is 1. The first kappa shape index (κ1) is 12.4. The van der Waals surface area contributed by atoms with Crippen LogP contribution in [0, 0.1) is 6.92 Å². The van der Waals surface area contributed by atoms with E-state index in [-0.39, 0.29) is 5.97 Å². The average molecular weight is 240 g/mol. The molecule has 0 amide bonds. The van der Waals surface area contributed by atoms with Crippen LogP contribution < -0.4 is 0 Å². The van der Waals surface area contributed by atoms with Gasteiger partial charge in [-0.05, 0) is 31.0 Å². The maximum atomic E-state index is 12.0. The normalized spacial score (nSPS) is 10.1. The molecule has 0 aliphatic carbocycles. The summed E-state index contributed by atoms with van der Waals surface area (Å²) in [5.74, 6) is -0.264. The van der Waals surface area contributed by atoms with E-state index in [9.17, 15) is 4.79 Å². The minimum atomic E-state index is -0.264. The highest BCUT2D eigenvalue weighted by molar-refractivity contribution is 5.97. The van der Waals surface area contributed by atoms with Crippen LogP contribution in [0.1, 0.15) is 22.8 Å². The molecule has 0 atom stereocenters. The van der Waals surface area contributed by atoms with Crippen LogP contribution in [-0.4, -0.2) is 12.6 Å². The first-order valence-electron chi connectivity index (χ1n) is 6.05. The molecule has 0 N–H and O–H groups in total. The van der Waals surface area contributed by atoms with Gasteiger partial charge in [-0.3, -0.25) is 0 Å². The summed E-state index contributed by atoms with van der Waals surface area (Å²) in [6, 6.07) is 15.7. The highest BCUT2D eigenvalue weighted by Crippen LogP contribution is 2.25. The lowest BCUT2D eigenvalue weighted by molar-refractivity contribution is 0.0527. The highest BCUT2D eigenvalue weighted by atomic mass is 16.5. The molecule has 0 spiro atoms. The molecule has 2 nitrogen and oxygen atoms in total. The second-order valence-electron chi connectivity index (χ2n) is 4.14. The van der Waals surface area contributed by atoms with Gasteiger partial charge in [-0.15, -0.1) is 0 Å². The Morgan fingerprint density at radius 3 is 2.50 bits per heavy atom. The quantitative estimate of drug-likeness (QED) is 0.762. The summed E-state index contributed by atoms with van der Waals surface area (Å²) in [4.78, 5) is 12.0. The van der Waals surface area contributed by atoms with Crippen LogP contribution in [-0.2, 0) is 4.74 Å². The number of rotatable bonds is 3. The number of ether oxygens (including phenoxy) is 1. The average Bonchev–Trinajstić information content (AvgIpc) is 2.40. The SMILES string of the molecule is CCOC(=O)c1cc(C)ccc1-c1ccccc1. The van der Waals surface area contributed by atoms with Gasteiger partial charge in [0.25, 0.3) is 0 Å². The number of hydrogen-bond donors (Lipinski definition) is 0. The Morgan fingerprint density at radius 2 is 1.83 bits per heavy atom. The summed E-state index contributed by atoms with van der Waals surface area (Å²) in [6.07, 6.45) is 0. The molecule has 2 heteroatoms. The Balaban J connectivity index is 2.51. The molecule has 2 aromatic carbocycles. The molecule has 2 aromatic rings. The van der Waals surface area contributed by atoms with E-state index in [0.717, 1.165) is 16.7 Å². The number of esters is 1. The van der Waals surface area contributed by atoms with E-state index in [4.69, 9.17) is 4.74 Å². The summed E-state index contributed by atoms with van der Waals surface area (Å²) >= 11 is 0. The zero-order chi connectivity index (χ0) is 13.0. The molecular formula is C16H16O2. The number of hydrogen-bond acceptors (Lipinski definition) is 2. The summed E-state index contributed by atoms with van der Waals surface area (Å²) in [7, 11) is 0. The van der Waals surface area contributed by atoms with Crippen molar-refractivity contribution >= 4 is 5.97 Å². The Hall–Kier alpha value is -2.09. The van der Waals surface area contributed by atoms with Crippen molar-refractivity contribution in [3.63, 3.8) is 0 Å². The third-order valence-electron chi connectivity index (χ3n) is 2.76. The molecule has 0 unspecified atom stereocenters. The van der Waals surface area contributed by atoms with Gasteiger partial charge in [-0.1, -0.05) is 48.0 Å². The van der Waals surface area contributed by atoms with Gasteiger partial charge in [-0.25, -0.2) is 4.79 Å². The van der Waals surface area contributed by atoms with Gasteiger partial charge in [0.15, 0.2) is 0 Å². The fourth-order valence-electron chi connectivity index (χ4n) is 1.91. The van der Waals surface area contributed by atoms with E-state index in [0.29, 0.717) is 12.2 Å². The van der Waals surface area contributed by atoms with Crippen LogP contribution in [0.4, 0.5) is 0 Å². The van der Waals surface area contributed by atoms with Crippen molar-refractivity contribution < 1.29 is 9.53 Å². The van der Waals surface area contributed by atoms with Crippen molar-refractivity contribution in [1.29, 1.82) is 0 Å². The van der Waals surface area contributed by atoms with Crippen LogP contribution in [0.5, 0.6) is 0 Å². The third-order valence-corrected chi connectivity index (χ3v) is 2.76. The van der Waals surface area contributed by atoms with Crippen molar-refractivity contribution in [3.05, 3.63) is 59.7 Å². The topological polar surface area (TPSA) is 26.3 Å². The molecule has 0 radical (unpaired) electrons. The molecule has 0 fully saturated rings. The number of carbonyl (C=O) groups is 1. The number of benzene rings is 2. The van der Waals surface area contributed by atoms with Gasteiger partial charge in [0, 0.05) is 0 Å². The van der Waals surface area contributed by atoms with Crippen LogP contribution in [0.3, 0.4) is 0 Å². The lowest BCUT2D eigenvalue weighted by Crippen LogP contribution is -2.06. The predicted molar refractivity (Wildman–Crippen MR) is 72.6 cm³/mol. The smallest absolute Gasteiger partial charge is 0.338 e. The first-order chi connectivity index (χ1) is 8.72. The van der Waals surface area contributed by atoms with Crippen molar-refractivity contribution in [2.75, 3.05) is 6.61 Å². The predicted octanol–water partition coefficient (Wildman–Crippen LogP) is 3.84. The minimum Gasteiger partial charge on any atom is -0.462 e. The molecule has 92 valence electrons. The molecule has 2 rings (SSSR count). The van der Waals surface area contributed by atoms with Gasteiger partial charge in [0.1, 0.15) is 0 Å². The van der Waals surface area contributed by atoms with Gasteiger partial charge in [0.05, 0.1) is 12.2 Å². The van der Waals surface area contributed by atoms with E-state index in [1.165, 1.54) is 0 Å². The summed E-state index contributed by atoms with van der Waals surface area (Å²) in [6.45, 7) is 4.17. The first-order valence-corrected chi connectivity index (χ1v) is 6.05. The fraction of sp³-hybridized carbons (Fsp3) is 0.188. The Morgan fingerprint density at radius 1 is 1.11 bits per heavy atom. The molecule has 0 heterocycles. The van der Waals surface area contributed by atoms with Crippen LogP contribution in [0.25, 0.3) is 11.1 Å². The largest absolute Gasteiger partial charge is 0.462 e. The zero-order valence-corrected chi connectivity index (χ0v) is 10.6. The van der Waals surface area contributed by atoms with Crippen LogP contribution in [0.15, 0.2) is 48.5 Å². The van der Waals surface area contributed by atoms with Crippen LogP contribution >= 0.6 is 0 Å². The van der Waals surface area contributed by atoms with Gasteiger partial charge in [-0.2, -0.15) is 0 Å². The zero-order valence-electron chi connectivity index (χ0n) is 10.6. The Kier molecular flexibility index (Phi) is 3.78. The van der Waals surface area contributed by atoms with Crippen molar-refractivity contribution in [1.82, 2.24) is 0 Å². The number of carbonyl (C=O) groups excluding carboxylic acids is 1. The second-order valence-corrected chi connectivity index (χ2v) is 4.14. The van der Waals surface area contributed by atoms with Gasteiger partial charge < -0.3 is 4.74 Å². The minimum absolute atomic E-state index is 0.264. The van der Waals surface area contributed by atoms with E-state index in [1.54, 1.807) is 0 Å². The van der Waals surface area contributed by atoms with Crippen molar-refractivity contribution in [2.45, 2.75) is 13.8 Å². The molecule has 18 heavy (non-hydrogen) atoms. The molecule has 0 aliphatic rings. The fourth-order valence-corrected chi connectivity index (χ4v) is 1.91. The summed E-state index contributed by atoms with van der Waals surface area (Å²) in [5.41, 5.74) is 3.63. The van der Waals surface area contributed by atoms with Crippen molar-refractivity contribution in [3.8, 4) is 11.1 Å².